The second-order valence-electron chi connectivity index (χ2n) is 4.83. The van der Waals surface area contributed by atoms with Crippen molar-refractivity contribution in [1.82, 2.24) is 4.72 Å². The summed E-state index contributed by atoms with van der Waals surface area (Å²) in [6.07, 6.45) is 2.62. The predicted octanol–water partition coefficient (Wildman–Crippen LogP) is 1.84. The largest absolute Gasteiger partial charge is 0.392 e. The van der Waals surface area contributed by atoms with Crippen LogP contribution in [0.3, 0.4) is 0 Å². The second-order valence-corrected chi connectivity index (χ2v) is 6.96. The van der Waals surface area contributed by atoms with Crippen LogP contribution in [-0.2, 0) is 10.0 Å². The molecule has 110 valence electrons. The molecule has 0 aromatic heterocycles. The standard InChI is InChI=1S/C12H14F2N2O2S2/c13-9-4-3-8(7-10(9)14)20(17,18)16-12(11(15)19)5-1-2-6-12/h3-4,7,16H,1-2,5-6H2,(H2,15,19). The Morgan fingerprint density at radius 2 is 1.85 bits per heavy atom. The molecular formula is C12H14F2N2O2S2. The highest BCUT2D eigenvalue weighted by atomic mass is 32.2. The molecule has 0 atom stereocenters. The molecule has 1 aliphatic carbocycles. The van der Waals surface area contributed by atoms with Crippen molar-refractivity contribution in [3.05, 3.63) is 29.8 Å². The molecule has 4 nitrogen and oxygen atoms in total. The first kappa shape index (κ1) is 15.3. The number of halogens is 2. The van der Waals surface area contributed by atoms with E-state index in [2.05, 4.69) is 4.72 Å². The van der Waals surface area contributed by atoms with E-state index in [1.165, 1.54) is 0 Å². The Morgan fingerprint density at radius 3 is 2.35 bits per heavy atom. The van der Waals surface area contributed by atoms with Crippen LogP contribution in [0.4, 0.5) is 8.78 Å². The molecule has 2 rings (SSSR count). The van der Waals surface area contributed by atoms with E-state index in [0.717, 1.165) is 25.0 Å². The molecule has 8 heteroatoms. The van der Waals surface area contributed by atoms with E-state index in [1.54, 1.807) is 0 Å². The number of rotatable bonds is 4. The van der Waals surface area contributed by atoms with Gasteiger partial charge in [-0.15, -0.1) is 0 Å². The molecular weight excluding hydrogens is 306 g/mol. The fourth-order valence-corrected chi connectivity index (χ4v) is 4.11. The SMILES string of the molecule is NC(=S)C1(NS(=O)(=O)c2ccc(F)c(F)c2)CCCC1. The molecule has 1 aromatic rings. The Hall–Kier alpha value is -1.12. The third-order valence-electron chi connectivity index (χ3n) is 3.46. The summed E-state index contributed by atoms with van der Waals surface area (Å²) in [5.74, 6) is -2.32. The Labute approximate surface area is 121 Å². The van der Waals surface area contributed by atoms with Crippen LogP contribution in [0.1, 0.15) is 25.7 Å². The fraction of sp³-hybridized carbons (Fsp3) is 0.417. The van der Waals surface area contributed by atoms with Gasteiger partial charge < -0.3 is 5.73 Å². The van der Waals surface area contributed by atoms with Gasteiger partial charge in [0.25, 0.3) is 0 Å². The van der Waals surface area contributed by atoms with Gasteiger partial charge in [0, 0.05) is 0 Å². The minimum Gasteiger partial charge on any atom is -0.392 e. The Kier molecular flexibility index (Phi) is 4.08. The lowest BCUT2D eigenvalue weighted by Crippen LogP contribution is -2.54. The Balaban J connectivity index is 2.35. The Bertz CT molecular complexity index is 641. The van der Waals surface area contributed by atoms with Gasteiger partial charge in [0.1, 0.15) is 0 Å². The van der Waals surface area contributed by atoms with E-state index in [0.29, 0.717) is 18.9 Å². The lowest BCUT2D eigenvalue weighted by Gasteiger charge is -2.28. The van der Waals surface area contributed by atoms with Gasteiger partial charge in [-0.2, -0.15) is 4.72 Å². The third-order valence-corrected chi connectivity index (χ3v) is 5.38. The molecule has 0 heterocycles. The van der Waals surface area contributed by atoms with Crippen LogP contribution in [0.25, 0.3) is 0 Å². The Morgan fingerprint density at radius 1 is 1.25 bits per heavy atom. The average Bonchev–Trinajstić information content (AvgIpc) is 2.81. The number of nitrogens with two attached hydrogens (primary N) is 1. The van der Waals surface area contributed by atoms with Crippen LogP contribution >= 0.6 is 12.2 Å². The van der Waals surface area contributed by atoms with Crippen LogP contribution in [0.5, 0.6) is 0 Å². The number of hydrogen-bond donors (Lipinski definition) is 2. The zero-order chi connectivity index (χ0) is 15.0. The van der Waals surface area contributed by atoms with E-state index in [4.69, 9.17) is 18.0 Å². The van der Waals surface area contributed by atoms with Crippen molar-refractivity contribution >= 4 is 27.2 Å². The lowest BCUT2D eigenvalue weighted by molar-refractivity contribution is 0.494. The monoisotopic (exact) mass is 320 g/mol. The number of sulfonamides is 1. The molecule has 1 aromatic carbocycles. The average molecular weight is 320 g/mol. The first-order valence-electron chi connectivity index (χ1n) is 6.06. The van der Waals surface area contributed by atoms with Gasteiger partial charge >= 0.3 is 0 Å². The van der Waals surface area contributed by atoms with Crippen molar-refractivity contribution in [3.8, 4) is 0 Å². The molecule has 0 spiro atoms. The van der Waals surface area contributed by atoms with Crippen molar-refractivity contribution in [1.29, 1.82) is 0 Å². The highest BCUT2D eigenvalue weighted by Crippen LogP contribution is 2.31. The summed E-state index contributed by atoms with van der Waals surface area (Å²) in [6.45, 7) is 0. The van der Waals surface area contributed by atoms with E-state index in [1.807, 2.05) is 0 Å². The third kappa shape index (κ3) is 2.82. The molecule has 1 saturated carbocycles. The lowest BCUT2D eigenvalue weighted by atomic mass is 10.00. The highest BCUT2D eigenvalue weighted by molar-refractivity contribution is 7.89. The maximum atomic E-state index is 13.2. The summed E-state index contributed by atoms with van der Waals surface area (Å²) in [5.41, 5.74) is 4.67. The fourth-order valence-electron chi connectivity index (χ4n) is 2.34. The van der Waals surface area contributed by atoms with E-state index >= 15 is 0 Å². The van der Waals surface area contributed by atoms with E-state index in [9.17, 15) is 17.2 Å². The van der Waals surface area contributed by atoms with Crippen molar-refractivity contribution in [2.24, 2.45) is 5.73 Å². The van der Waals surface area contributed by atoms with Gasteiger partial charge in [0.2, 0.25) is 10.0 Å². The smallest absolute Gasteiger partial charge is 0.241 e. The first-order valence-corrected chi connectivity index (χ1v) is 7.95. The summed E-state index contributed by atoms with van der Waals surface area (Å²) in [6, 6.07) is 2.41. The molecule has 3 N–H and O–H groups in total. The molecule has 0 radical (unpaired) electrons. The van der Waals surface area contributed by atoms with Crippen molar-refractivity contribution in [3.63, 3.8) is 0 Å². The highest BCUT2D eigenvalue weighted by Gasteiger charge is 2.40. The summed E-state index contributed by atoms with van der Waals surface area (Å²) in [4.78, 5) is -0.278. The summed E-state index contributed by atoms with van der Waals surface area (Å²) < 4.78 is 53.0. The maximum Gasteiger partial charge on any atom is 0.241 e. The van der Waals surface area contributed by atoms with Crippen LogP contribution in [0.2, 0.25) is 0 Å². The van der Waals surface area contributed by atoms with Gasteiger partial charge in [0.05, 0.1) is 15.4 Å². The van der Waals surface area contributed by atoms with Gasteiger partial charge in [-0.05, 0) is 31.0 Å². The van der Waals surface area contributed by atoms with Gasteiger partial charge in [-0.1, -0.05) is 25.1 Å². The molecule has 0 amide bonds. The number of thiocarbonyl (C=S) groups is 1. The topological polar surface area (TPSA) is 72.2 Å². The van der Waals surface area contributed by atoms with Gasteiger partial charge in [-0.25, -0.2) is 17.2 Å². The number of benzene rings is 1. The van der Waals surface area contributed by atoms with E-state index in [-0.39, 0.29) is 9.88 Å². The molecule has 1 fully saturated rings. The van der Waals surface area contributed by atoms with Crippen molar-refractivity contribution in [2.45, 2.75) is 36.1 Å². The quantitative estimate of drug-likeness (QED) is 0.831. The van der Waals surface area contributed by atoms with Crippen LogP contribution in [0, 0.1) is 11.6 Å². The van der Waals surface area contributed by atoms with Gasteiger partial charge in [-0.3, -0.25) is 0 Å². The van der Waals surface area contributed by atoms with Crippen LogP contribution < -0.4 is 10.5 Å². The number of nitrogens with one attached hydrogen (secondary N) is 1. The minimum atomic E-state index is -4.01. The molecule has 0 unspecified atom stereocenters. The summed E-state index contributed by atoms with van der Waals surface area (Å²) >= 11 is 4.95. The zero-order valence-corrected chi connectivity index (χ0v) is 12.2. The number of hydrogen-bond acceptors (Lipinski definition) is 3. The first-order chi connectivity index (χ1) is 9.27. The van der Waals surface area contributed by atoms with Crippen LogP contribution in [0.15, 0.2) is 23.1 Å². The molecule has 0 aliphatic heterocycles. The molecule has 0 bridgehead atoms. The second kappa shape index (κ2) is 5.34. The van der Waals surface area contributed by atoms with Gasteiger partial charge in [0.15, 0.2) is 11.6 Å². The molecule has 1 aliphatic rings. The van der Waals surface area contributed by atoms with Crippen LogP contribution in [-0.4, -0.2) is 18.9 Å². The minimum absolute atomic E-state index is 0.0705. The molecule has 0 saturated heterocycles. The van der Waals surface area contributed by atoms with Crippen molar-refractivity contribution in [2.75, 3.05) is 0 Å². The normalized spacial score (nSPS) is 18.1. The summed E-state index contributed by atoms with van der Waals surface area (Å²) in [7, 11) is -4.01. The summed E-state index contributed by atoms with van der Waals surface area (Å²) in [5, 5.41) is 0. The maximum absolute atomic E-state index is 13.2. The van der Waals surface area contributed by atoms with Crippen molar-refractivity contribution < 1.29 is 17.2 Å². The molecule has 20 heavy (non-hydrogen) atoms. The predicted molar refractivity (Wildman–Crippen MR) is 74.7 cm³/mol. The zero-order valence-electron chi connectivity index (χ0n) is 10.5. The van der Waals surface area contributed by atoms with E-state index < -0.39 is 27.2 Å².